The lowest BCUT2D eigenvalue weighted by atomic mass is 9.87. The van der Waals surface area contributed by atoms with Crippen molar-refractivity contribution in [3.05, 3.63) is 0 Å². The third kappa shape index (κ3) is 2.10. The molecule has 0 radical (unpaired) electrons. The van der Waals surface area contributed by atoms with Gasteiger partial charge in [-0.25, -0.2) is 0 Å². The van der Waals surface area contributed by atoms with E-state index in [-0.39, 0.29) is 0 Å². The van der Waals surface area contributed by atoms with E-state index in [1.165, 1.54) is 38.5 Å². The highest BCUT2D eigenvalue weighted by molar-refractivity contribution is 6.21. The molecule has 1 saturated carbocycles. The van der Waals surface area contributed by atoms with Crippen molar-refractivity contribution in [3.8, 4) is 0 Å². The molecular weight excluding hydrogens is 192 g/mol. The van der Waals surface area contributed by atoms with Crippen LogP contribution in [-0.4, -0.2) is 5.38 Å². The van der Waals surface area contributed by atoms with Crippen LogP contribution in [0.5, 0.6) is 0 Å². The Morgan fingerprint density at radius 1 is 1.21 bits per heavy atom. The van der Waals surface area contributed by atoms with Gasteiger partial charge >= 0.3 is 0 Å². The van der Waals surface area contributed by atoms with Crippen LogP contribution >= 0.6 is 11.6 Å². The third-order valence-corrected chi connectivity index (χ3v) is 5.03. The molecule has 0 aliphatic heterocycles. The molecule has 0 nitrogen and oxygen atoms in total. The molecule has 1 aliphatic carbocycles. The van der Waals surface area contributed by atoms with Crippen LogP contribution < -0.4 is 0 Å². The second-order valence-electron chi connectivity index (χ2n) is 5.51. The van der Waals surface area contributed by atoms with Gasteiger partial charge in [0.15, 0.2) is 0 Å². The summed E-state index contributed by atoms with van der Waals surface area (Å²) in [5.41, 5.74) is 0.977. The Kier molecular flexibility index (Phi) is 3.91. The minimum Gasteiger partial charge on any atom is -0.122 e. The summed E-state index contributed by atoms with van der Waals surface area (Å²) in [5.74, 6) is 0. The molecule has 1 aliphatic rings. The van der Waals surface area contributed by atoms with Crippen LogP contribution in [0.4, 0.5) is 0 Å². The number of rotatable bonds is 6. The van der Waals surface area contributed by atoms with E-state index in [0.717, 1.165) is 0 Å². The molecule has 0 heterocycles. The van der Waals surface area contributed by atoms with Crippen LogP contribution in [0.3, 0.4) is 0 Å². The lowest BCUT2D eigenvalue weighted by Crippen LogP contribution is -2.19. The van der Waals surface area contributed by atoms with Crippen molar-refractivity contribution in [3.63, 3.8) is 0 Å². The molecule has 0 aromatic carbocycles. The molecule has 14 heavy (non-hydrogen) atoms. The topological polar surface area (TPSA) is 0 Å². The number of alkyl halides is 1. The molecule has 84 valence electrons. The van der Waals surface area contributed by atoms with Gasteiger partial charge in [-0.05, 0) is 30.1 Å². The summed E-state index contributed by atoms with van der Waals surface area (Å²) in [6.07, 6.45) is 7.78. The fourth-order valence-corrected chi connectivity index (χ4v) is 3.33. The van der Waals surface area contributed by atoms with Gasteiger partial charge in [0.2, 0.25) is 0 Å². The smallest absolute Gasteiger partial charge is 0.0395 e. The van der Waals surface area contributed by atoms with E-state index >= 15 is 0 Å². The number of hydrogen-bond donors (Lipinski definition) is 0. The quantitative estimate of drug-likeness (QED) is 0.548. The number of unbranched alkanes of at least 4 members (excludes halogenated alkanes) is 1. The third-order valence-electron chi connectivity index (χ3n) is 4.33. The second kappa shape index (κ2) is 4.43. The average Bonchev–Trinajstić information content (AvgIpc) is 2.69. The van der Waals surface area contributed by atoms with Crippen LogP contribution in [0.2, 0.25) is 0 Å². The van der Waals surface area contributed by atoms with E-state index in [9.17, 15) is 0 Å². The number of halogens is 1. The molecule has 1 fully saturated rings. The highest BCUT2D eigenvalue weighted by Gasteiger charge is 2.62. The van der Waals surface area contributed by atoms with Gasteiger partial charge in [-0.2, -0.15) is 0 Å². The molecule has 0 aromatic rings. The first-order chi connectivity index (χ1) is 6.50. The van der Waals surface area contributed by atoms with E-state index in [1.807, 2.05) is 0 Å². The number of hydrogen-bond acceptors (Lipinski definition) is 0. The van der Waals surface area contributed by atoms with Crippen molar-refractivity contribution in [2.75, 3.05) is 0 Å². The molecule has 1 rings (SSSR count). The van der Waals surface area contributed by atoms with E-state index in [0.29, 0.717) is 16.2 Å². The van der Waals surface area contributed by atoms with E-state index in [2.05, 4.69) is 27.7 Å². The molecule has 0 bridgehead atoms. The van der Waals surface area contributed by atoms with E-state index < -0.39 is 0 Å². The highest BCUT2D eigenvalue weighted by Crippen LogP contribution is 2.69. The maximum atomic E-state index is 6.48. The molecule has 3 unspecified atom stereocenters. The zero-order chi connectivity index (χ0) is 10.8. The standard InChI is InChI=1S/C13H25Cl/c1-5-7-9-12(3)10-13(12,4)11(14)8-6-2/h11H,5-10H2,1-4H3. The largest absolute Gasteiger partial charge is 0.122 e. The Hall–Kier alpha value is 0.290. The molecule has 0 N–H and O–H groups in total. The Bertz CT molecular complexity index is 190. The minimum atomic E-state index is 0.398. The van der Waals surface area contributed by atoms with Crippen molar-refractivity contribution in [2.24, 2.45) is 10.8 Å². The van der Waals surface area contributed by atoms with Gasteiger partial charge in [0.1, 0.15) is 0 Å². The maximum absolute atomic E-state index is 6.48. The fourth-order valence-electron chi connectivity index (χ4n) is 2.77. The van der Waals surface area contributed by atoms with Gasteiger partial charge in [-0.15, -0.1) is 11.6 Å². The second-order valence-corrected chi connectivity index (χ2v) is 6.04. The first-order valence-electron chi connectivity index (χ1n) is 6.14. The van der Waals surface area contributed by atoms with Crippen LogP contribution in [0, 0.1) is 10.8 Å². The minimum absolute atomic E-state index is 0.398. The normalized spacial score (nSPS) is 38.4. The molecule has 0 spiro atoms. The molecular formula is C13H25Cl. The Labute approximate surface area is 94.4 Å². The Balaban J connectivity index is 2.46. The summed E-state index contributed by atoms with van der Waals surface area (Å²) in [5, 5.41) is 0.398. The van der Waals surface area contributed by atoms with E-state index in [4.69, 9.17) is 11.6 Å². The lowest BCUT2D eigenvalue weighted by Gasteiger charge is -2.23. The zero-order valence-corrected chi connectivity index (χ0v) is 11.0. The predicted molar refractivity (Wildman–Crippen MR) is 64.9 cm³/mol. The lowest BCUT2D eigenvalue weighted by molar-refractivity contribution is 0.334. The van der Waals surface area contributed by atoms with Crippen molar-refractivity contribution in [2.45, 2.75) is 71.6 Å². The SMILES string of the molecule is CCCCC1(C)CC1(C)C(Cl)CCC. The first-order valence-corrected chi connectivity index (χ1v) is 6.58. The monoisotopic (exact) mass is 216 g/mol. The fraction of sp³-hybridized carbons (Fsp3) is 1.00. The van der Waals surface area contributed by atoms with Gasteiger partial charge < -0.3 is 0 Å². The molecule has 3 atom stereocenters. The summed E-state index contributed by atoms with van der Waals surface area (Å²) in [6.45, 7) is 9.31. The summed E-state index contributed by atoms with van der Waals surface area (Å²) in [4.78, 5) is 0. The van der Waals surface area contributed by atoms with Crippen LogP contribution in [0.1, 0.15) is 66.2 Å². The molecule has 0 saturated heterocycles. The van der Waals surface area contributed by atoms with Crippen LogP contribution in [0.15, 0.2) is 0 Å². The van der Waals surface area contributed by atoms with Gasteiger partial charge in [0.05, 0.1) is 0 Å². The van der Waals surface area contributed by atoms with Crippen molar-refractivity contribution < 1.29 is 0 Å². The summed E-state index contributed by atoms with van der Waals surface area (Å²) < 4.78 is 0. The molecule has 1 heteroatoms. The van der Waals surface area contributed by atoms with Crippen molar-refractivity contribution >= 4 is 11.6 Å². The summed E-state index contributed by atoms with van der Waals surface area (Å²) >= 11 is 6.48. The Morgan fingerprint density at radius 3 is 2.36 bits per heavy atom. The van der Waals surface area contributed by atoms with Gasteiger partial charge in [0, 0.05) is 5.38 Å². The molecule has 0 aromatic heterocycles. The summed E-state index contributed by atoms with van der Waals surface area (Å²) in [6, 6.07) is 0. The van der Waals surface area contributed by atoms with E-state index in [1.54, 1.807) is 0 Å². The maximum Gasteiger partial charge on any atom is 0.0395 e. The van der Waals surface area contributed by atoms with Crippen molar-refractivity contribution in [1.82, 2.24) is 0 Å². The van der Waals surface area contributed by atoms with Gasteiger partial charge in [-0.3, -0.25) is 0 Å². The van der Waals surface area contributed by atoms with Crippen LogP contribution in [0.25, 0.3) is 0 Å². The summed E-state index contributed by atoms with van der Waals surface area (Å²) in [7, 11) is 0. The zero-order valence-electron chi connectivity index (χ0n) is 10.2. The van der Waals surface area contributed by atoms with Crippen LogP contribution in [-0.2, 0) is 0 Å². The van der Waals surface area contributed by atoms with Gasteiger partial charge in [0.25, 0.3) is 0 Å². The average molecular weight is 217 g/mol. The Morgan fingerprint density at radius 2 is 1.86 bits per heavy atom. The predicted octanol–water partition coefficient (Wildman–Crippen LogP) is 5.00. The first kappa shape index (κ1) is 12.4. The van der Waals surface area contributed by atoms with Crippen molar-refractivity contribution in [1.29, 1.82) is 0 Å². The highest BCUT2D eigenvalue weighted by atomic mass is 35.5. The van der Waals surface area contributed by atoms with Gasteiger partial charge in [-0.1, -0.05) is 47.0 Å². The molecule has 0 amide bonds.